The van der Waals surface area contributed by atoms with Gasteiger partial charge in [0.25, 0.3) is 0 Å². The van der Waals surface area contributed by atoms with Crippen LogP contribution >= 0.6 is 11.6 Å². The van der Waals surface area contributed by atoms with Crippen LogP contribution in [0.4, 0.5) is 4.39 Å². The molecule has 4 rings (SSSR count). The normalized spacial score (nSPS) is 26.0. The Morgan fingerprint density at radius 3 is 3.00 bits per heavy atom. The molecule has 1 aromatic heterocycles. The van der Waals surface area contributed by atoms with E-state index in [-0.39, 0.29) is 29.6 Å². The molecule has 1 aliphatic heterocycles. The Kier molecular flexibility index (Phi) is 3.79. The van der Waals surface area contributed by atoms with E-state index < -0.39 is 0 Å². The molecule has 0 bridgehead atoms. The molecule has 0 spiro atoms. The summed E-state index contributed by atoms with van der Waals surface area (Å²) in [5.74, 6) is 0.387. The number of carbonyl (C=O) groups is 1. The predicted octanol–water partition coefficient (Wildman–Crippen LogP) is 3.64. The average Bonchev–Trinajstić information content (AvgIpc) is 2.96. The molecule has 0 radical (unpaired) electrons. The number of carbonyl (C=O) groups excluding carboxylic acids is 1. The third-order valence-electron chi connectivity index (χ3n) is 4.86. The van der Waals surface area contributed by atoms with Crippen molar-refractivity contribution < 1.29 is 13.7 Å². The lowest BCUT2D eigenvalue weighted by Gasteiger charge is -2.22. The van der Waals surface area contributed by atoms with Crippen LogP contribution in [0.25, 0.3) is 0 Å². The highest BCUT2D eigenvalue weighted by atomic mass is 35.5. The minimum atomic E-state index is -0.338. The summed E-state index contributed by atoms with van der Waals surface area (Å²) in [6.45, 7) is 2.40. The van der Waals surface area contributed by atoms with Crippen molar-refractivity contribution in [2.45, 2.75) is 38.1 Å². The van der Waals surface area contributed by atoms with Crippen molar-refractivity contribution in [3.63, 3.8) is 0 Å². The van der Waals surface area contributed by atoms with Crippen molar-refractivity contribution in [3.05, 3.63) is 46.3 Å². The van der Waals surface area contributed by atoms with Crippen molar-refractivity contribution >= 4 is 17.5 Å². The van der Waals surface area contributed by atoms with E-state index in [1.54, 1.807) is 19.1 Å². The predicted molar refractivity (Wildman–Crippen MR) is 85.0 cm³/mol. The second-order valence-electron chi connectivity index (χ2n) is 6.45. The van der Waals surface area contributed by atoms with Crippen molar-refractivity contribution in [2.24, 2.45) is 5.92 Å². The van der Waals surface area contributed by atoms with Crippen LogP contribution in [-0.4, -0.2) is 27.5 Å². The summed E-state index contributed by atoms with van der Waals surface area (Å²) in [4.78, 5) is 18.9. The minimum Gasteiger partial charge on any atom is -0.340 e. The van der Waals surface area contributed by atoms with E-state index in [0.29, 0.717) is 35.3 Å². The molecular formula is C17H17ClFN3O2. The van der Waals surface area contributed by atoms with E-state index in [9.17, 15) is 9.18 Å². The van der Waals surface area contributed by atoms with E-state index in [0.717, 1.165) is 12.8 Å². The van der Waals surface area contributed by atoms with Crippen molar-refractivity contribution in [1.29, 1.82) is 0 Å². The molecule has 3 atom stereocenters. The molecule has 2 heterocycles. The van der Waals surface area contributed by atoms with Crippen LogP contribution in [0.5, 0.6) is 0 Å². The van der Waals surface area contributed by atoms with Gasteiger partial charge in [-0.05, 0) is 31.4 Å². The van der Waals surface area contributed by atoms with Crippen LogP contribution < -0.4 is 0 Å². The highest BCUT2D eigenvalue weighted by molar-refractivity contribution is 6.31. The molecule has 0 N–H and O–H groups in total. The Hall–Kier alpha value is -1.95. The maximum Gasteiger partial charge on any atom is 0.226 e. The summed E-state index contributed by atoms with van der Waals surface area (Å²) in [6.07, 6.45) is 2.36. The Morgan fingerprint density at radius 1 is 1.46 bits per heavy atom. The van der Waals surface area contributed by atoms with Crippen molar-refractivity contribution in [3.8, 4) is 0 Å². The number of hydrogen-bond donors (Lipinski definition) is 0. The summed E-state index contributed by atoms with van der Waals surface area (Å²) in [5, 5.41) is 4.35. The van der Waals surface area contributed by atoms with Gasteiger partial charge in [0.2, 0.25) is 11.8 Å². The Morgan fingerprint density at radius 2 is 2.29 bits per heavy atom. The van der Waals surface area contributed by atoms with Crippen LogP contribution in [0, 0.1) is 18.7 Å². The summed E-state index contributed by atoms with van der Waals surface area (Å²) in [6, 6.07) is 4.49. The van der Waals surface area contributed by atoms with Gasteiger partial charge in [0, 0.05) is 35.9 Å². The van der Waals surface area contributed by atoms with Crippen molar-refractivity contribution in [1.82, 2.24) is 15.0 Å². The molecule has 7 heteroatoms. The fraction of sp³-hybridized carbons (Fsp3) is 0.471. The zero-order chi connectivity index (χ0) is 16.8. The highest BCUT2D eigenvalue weighted by Crippen LogP contribution is 2.52. The molecular weight excluding hydrogens is 333 g/mol. The molecule has 2 fully saturated rings. The van der Waals surface area contributed by atoms with Gasteiger partial charge in [0.05, 0.1) is 6.04 Å². The fourth-order valence-electron chi connectivity index (χ4n) is 3.61. The van der Waals surface area contributed by atoms with Crippen molar-refractivity contribution in [2.75, 3.05) is 6.54 Å². The SMILES string of the molecule is Cc1nc([C@@H]2CCCN2C(=O)[C@H]2C[C@@H]2c2c(F)cccc2Cl)no1. The van der Waals surface area contributed by atoms with Gasteiger partial charge in [-0.2, -0.15) is 4.98 Å². The van der Waals surface area contributed by atoms with Gasteiger partial charge in [-0.3, -0.25) is 4.79 Å². The standard InChI is InChI=1S/C17H17ClFN3O2/c1-9-20-16(21-24-9)14-6-3-7-22(14)17(23)11-8-10(11)15-12(18)4-2-5-13(15)19/h2,4-5,10-11,14H,3,6-8H2,1H3/t10-,11-,14-/m0/s1. The smallest absolute Gasteiger partial charge is 0.226 e. The molecule has 2 aliphatic rings. The molecule has 1 aliphatic carbocycles. The second kappa shape index (κ2) is 5.84. The van der Waals surface area contributed by atoms with Crippen LogP contribution in [0.1, 0.15) is 48.5 Å². The first-order chi connectivity index (χ1) is 11.6. The van der Waals surface area contributed by atoms with Crippen LogP contribution in [-0.2, 0) is 4.79 Å². The first-order valence-electron chi connectivity index (χ1n) is 8.11. The Bertz CT molecular complexity index is 774. The number of aryl methyl sites for hydroxylation is 1. The van der Waals surface area contributed by atoms with Gasteiger partial charge in [-0.1, -0.05) is 22.8 Å². The lowest BCUT2D eigenvalue weighted by molar-refractivity contribution is -0.133. The average molecular weight is 350 g/mol. The number of nitrogens with zero attached hydrogens (tertiary/aromatic N) is 3. The first-order valence-corrected chi connectivity index (χ1v) is 8.48. The van der Waals surface area contributed by atoms with Crippen LogP contribution in [0.3, 0.4) is 0 Å². The highest BCUT2D eigenvalue weighted by Gasteiger charge is 2.50. The largest absolute Gasteiger partial charge is 0.340 e. The van der Waals surface area contributed by atoms with Gasteiger partial charge in [0.15, 0.2) is 5.82 Å². The number of hydrogen-bond acceptors (Lipinski definition) is 4. The summed E-state index contributed by atoms with van der Waals surface area (Å²) in [7, 11) is 0. The molecule has 24 heavy (non-hydrogen) atoms. The quantitative estimate of drug-likeness (QED) is 0.848. The fourth-order valence-corrected chi connectivity index (χ4v) is 3.92. The Balaban J connectivity index is 1.53. The summed E-state index contributed by atoms with van der Waals surface area (Å²) in [5.41, 5.74) is 0.462. The van der Waals surface area contributed by atoms with E-state index in [2.05, 4.69) is 10.1 Å². The van der Waals surface area contributed by atoms with Gasteiger partial charge < -0.3 is 9.42 Å². The van der Waals surface area contributed by atoms with E-state index in [4.69, 9.17) is 16.1 Å². The van der Waals surface area contributed by atoms with Gasteiger partial charge in [-0.25, -0.2) is 4.39 Å². The molecule has 1 aromatic carbocycles. The van der Waals surface area contributed by atoms with E-state index in [1.165, 1.54) is 6.07 Å². The maximum absolute atomic E-state index is 14.1. The lowest BCUT2D eigenvalue weighted by Crippen LogP contribution is -2.32. The van der Waals surface area contributed by atoms with Gasteiger partial charge in [-0.15, -0.1) is 0 Å². The number of halogens is 2. The van der Waals surface area contributed by atoms with E-state index in [1.807, 2.05) is 4.90 Å². The summed E-state index contributed by atoms with van der Waals surface area (Å²) >= 11 is 6.12. The lowest BCUT2D eigenvalue weighted by atomic mass is 10.1. The molecule has 126 valence electrons. The van der Waals surface area contributed by atoms with Gasteiger partial charge >= 0.3 is 0 Å². The number of aromatic nitrogens is 2. The zero-order valence-corrected chi connectivity index (χ0v) is 14.0. The monoisotopic (exact) mass is 349 g/mol. The number of benzene rings is 1. The molecule has 5 nitrogen and oxygen atoms in total. The minimum absolute atomic E-state index is 0.0317. The molecule has 2 aromatic rings. The molecule has 0 unspecified atom stereocenters. The van der Waals surface area contributed by atoms with Crippen LogP contribution in [0.2, 0.25) is 5.02 Å². The van der Waals surface area contributed by atoms with Gasteiger partial charge in [0.1, 0.15) is 5.82 Å². The first kappa shape index (κ1) is 15.6. The maximum atomic E-state index is 14.1. The third kappa shape index (κ3) is 2.59. The van der Waals surface area contributed by atoms with E-state index >= 15 is 0 Å². The topological polar surface area (TPSA) is 59.2 Å². The second-order valence-corrected chi connectivity index (χ2v) is 6.85. The van der Waals surface area contributed by atoms with Crippen LogP contribution in [0.15, 0.2) is 22.7 Å². The number of likely N-dealkylation sites (tertiary alicyclic amines) is 1. The molecule has 1 saturated heterocycles. The summed E-state index contributed by atoms with van der Waals surface area (Å²) < 4.78 is 19.1. The number of rotatable bonds is 3. The molecule has 1 saturated carbocycles. The molecule has 1 amide bonds. The Labute approximate surface area is 143 Å². The number of amides is 1. The zero-order valence-electron chi connectivity index (χ0n) is 13.2. The third-order valence-corrected chi connectivity index (χ3v) is 5.18.